The van der Waals surface area contributed by atoms with Crippen LogP contribution in [-0.4, -0.2) is 43.1 Å². The Morgan fingerprint density at radius 2 is 2.05 bits per heavy atom. The second kappa shape index (κ2) is 7.84. The van der Waals surface area contributed by atoms with Gasteiger partial charge in [-0.25, -0.2) is 0 Å². The van der Waals surface area contributed by atoms with Crippen molar-refractivity contribution >= 4 is 18.3 Å². The summed E-state index contributed by atoms with van der Waals surface area (Å²) in [4.78, 5) is 14.5. The minimum atomic E-state index is 0. The number of benzene rings is 1. The number of nitrogens with zero attached hydrogens (tertiary/aromatic N) is 1. The van der Waals surface area contributed by atoms with Crippen LogP contribution in [0.3, 0.4) is 0 Å². The van der Waals surface area contributed by atoms with Crippen LogP contribution in [0.5, 0.6) is 5.75 Å². The van der Waals surface area contributed by atoms with E-state index in [0.29, 0.717) is 18.5 Å². The summed E-state index contributed by atoms with van der Waals surface area (Å²) in [6.45, 7) is 1.78. The van der Waals surface area contributed by atoms with E-state index < -0.39 is 0 Å². The van der Waals surface area contributed by atoms with Crippen molar-refractivity contribution in [1.82, 2.24) is 10.2 Å². The fraction of sp³-hybridized carbons (Fsp3) is 0.588. The summed E-state index contributed by atoms with van der Waals surface area (Å²) in [5.74, 6) is 1.15. The number of ether oxygens (including phenoxy) is 1. The maximum Gasteiger partial charge on any atom is 0.222 e. The topological polar surface area (TPSA) is 41.6 Å². The Labute approximate surface area is 138 Å². The molecule has 2 unspecified atom stereocenters. The first-order valence-corrected chi connectivity index (χ1v) is 7.92. The van der Waals surface area contributed by atoms with Gasteiger partial charge in [-0.3, -0.25) is 4.79 Å². The Morgan fingerprint density at radius 1 is 1.27 bits per heavy atom. The number of carbonyl (C=O) groups is 1. The molecule has 2 heterocycles. The SMILES string of the molecule is COc1ccccc1CCC(=O)N1CCC2CCC(C1)N2.Cl. The first-order valence-electron chi connectivity index (χ1n) is 7.92. The van der Waals surface area contributed by atoms with Crippen LogP contribution in [0.2, 0.25) is 0 Å². The van der Waals surface area contributed by atoms with Crippen LogP contribution in [0.25, 0.3) is 0 Å². The summed E-state index contributed by atoms with van der Waals surface area (Å²) in [6, 6.07) is 9.08. The van der Waals surface area contributed by atoms with Crippen molar-refractivity contribution < 1.29 is 9.53 Å². The normalized spacial score (nSPS) is 23.6. The van der Waals surface area contributed by atoms with E-state index >= 15 is 0 Å². The molecule has 1 amide bonds. The molecule has 2 atom stereocenters. The summed E-state index contributed by atoms with van der Waals surface area (Å²) in [7, 11) is 1.68. The second-order valence-corrected chi connectivity index (χ2v) is 6.08. The van der Waals surface area contributed by atoms with Crippen LogP contribution < -0.4 is 10.1 Å². The highest BCUT2D eigenvalue weighted by molar-refractivity contribution is 5.85. The van der Waals surface area contributed by atoms with Gasteiger partial charge in [-0.05, 0) is 37.3 Å². The third kappa shape index (κ3) is 3.93. The van der Waals surface area contributed by atoms with Gasteiger partial charge in [0.1, 0.15) is 5.75 Å². The molecule has 5 heteroatoms. The standard InChI is InChI=1S/C17H24N2O2.ClH/c1-21-16-5-3-2-4-13(16)6-9-17(20)19-11-10-14-7-8-15(12-19)18-14;/h2-5,14-15,18H,6-12H2,1H3;1H. The lowest BCUT2D eigenvalue weighted by atomic mass is 10.1. The Balaban J connectivity index is 0.00000176. The smallest absolute Gasteiger partial charge is 0.222 e. The van der Waals surface area contributed by atoms with Gasteiger partial charge >= 0.3 is 0 Å². The molecule has 2 aliphatic heterocycles. The van der Waals surface area contributed by atoms with Gasteiger partial charge in [0.25, 0.3) is 0 Å². The van der Waals surface area contributed by atoms with Crippen molar-refractivity contribution in [3.8, 4) is 5.75 Å². The predicted octanol–water partition coefficient (Wildman–Crippen LogP) is 2.40. The van der Waals surface area contributed by atoms with Crippen molar-refractivity contribution in [3.05, 3.63) is 29.8 Å². The molecule has 2 fully saturated rings. The zero-order valence-electron chi connectivity index (χ0n) is 13.1. The molecule has 2 saturated heterocycles. The highest BCUT2D eigenvalue weighted by Gasteiger charge is 2.30. The summed E-state index contributed by atoms with van der Waals surface area (Å²) in [5, 5.41) is 3.62. The van der Waals surface area contributed by atoms with E-state index in [1.54, 1.807) is 7.11 Å². The molecule has 0 aromatic heterocycles. The van der Waals surface area contributed by atoms with Gasteiger partial charge in [-0.1, -0.05) is 18.2 Å². The summed E-state index contributed by atoms with van der Waals surface area (Å²) in [6.07, 6.45) is 4.89. The number of likely N-dealkylation sites (tertiary alicyclic amines) is 1. The number of hydrogen-bond donors (Lipinski definition) is 1. The minimum absolute atomic E-state index is 0. The fourth-order valence-electron chi connectivity index (χ4n) is 3.48. The molecule has 1 aromatic rings. The first-order chi connectivity index (χ1) is 10.3. The molecule has 2 bridgehead atoms. The van der Waals surface area contributed by atoms with E-state index in [0.717, 1.165) is 37.2 Å². The van der Waals surface area contributed by atoms with Crippen LogP contribution in [0.15, 0.2) is 24.3 Å². The fourth-order valence-corrected chi connectivity index (χ4v) is 3.48. The van der Waals surface area contributed by atoms with Crippen LogP contribution in [0, 0.1) is 0 Å². The Morgan fingerprint density at radius 3 is 2.86 bits per heavy atom. The third-order valence-corrected chi connectivity index (χ3v) is 4.68. The van der Waals surface area contributed by atoms with Crippen molar-refractivity contribution in [2.75, 3.05) is 20.2 Å². The lowest BCUT2D eigenvalue weighted by Crippen LogP contribution is -2.39. The van der Waals surface area contributed by atoms with E-state index in [-0.39, 0.29) is 18.3 Å². The monoisotopic (exact) mass is 324 g/mol. The molecule has 0 saturated carbocycles. The Hall–Kier alpha value is -1.26. The molecule has 4 nitrogen and oxygen atoms in total. The predicted molar refractivity (Wildman–Crippen MR) is 89.7 cm³/mol. The van der Waals surface area contributed by atoms with Gasteiger partial charge in [0, 0.05) is 31.6 Å². The second-order valence-electron chi connectivity index (χ2n) is 6.08. The van der Waals surface area contributed by atoms with Gasteiger partial charge in [0.05, 0.1) is 7.11 Å². The van der Waals surface area contributed by atoms with Crippen molar-refractivity contribution in [1.29, 1.82) is 0 Å². The molecule has 2 aliphatic rings. The summed E-state index contributed by atoms with van der Waals surface area (Å²) >= 11 is 0. The lowest BCUT2D eigenvalue weighted by molar-refractivity contribution is -0.131. The number of halogens is 1. The number of fused-ring (bicyclic) bond motifs is 2. The molecule has 0 radical (unpaired) electrons. The van der Waals surface area contributed by atoms with Crippen molar-refractivity contribution in [2.45, 2.75) is 44.2 Å². The maximum atomic E-state index is 12.5. The van der Waals surface area contributed by atoms with Gasteiger partial charge in [0.15, 0.2) is 0 Å². The van der Waals surface area contributed by atoms with Gasteiger partial charge in [-0.2, -0.15) is 0 Å². The first kappa shape index (κ1) is 17.1. The molecule has 1 N–H and O–H groups in total. The Bertz CT molecular complexity index is 509. The van der Waals surface area contributed by atoms with E-state index in [4.69, 9.17) is 4.74 Å². The van der Waals surface area contributed by atoms with Gasteiger partial charge in [0.2, 0.25) is 5.91 Å². The highest BCUT2D eigenvalue weighted by Crippen LogP contribution is 2.22. The molecule has 3 rings (SSSR count). The number of carbonyl (C=O) groups excluding carboxylic acids is 1. The number of nitrogens with one attached hydrogen (secondary N) is 1. The minimum Gasteiger partial charge on any atom is -0.496 e. The van der Waals surface area contributed by atoms with Crippen LogP contribution in [0.1, 0.15) is 31.2 Å². The number of methoxy groups -OCH3 is 1. The summed E-state index contributed by atoms with van der Waals surface area (Å²) in [5.41, 5.74) is 1.11. The average Bonchev–Trinajstić information content (AvgIpc) is 2.84. The number of amides is 1. The number of rotatable bonds is 4. The molecule has 1 aromatic carbocycles. The van der Waals surface area contributed by atoms with Crippen molar-refractivity contribution in [3.63, 3.8) is 0 Å². The highest BCUT2D eigenvalue weighted by atomic mass is 35.5. The number of aryl methyl sites for hydroxylation is 1. The molecule has 0 aliphatic carbocycles. The van der Waals surface area contributed by atoms with E-state index in [9.17, 15) is 4.79 Å². The van der Waals surface area contributed by atoms with E-state index in [1.165, 1.54) is 12.8 Å². The quantitative estimate of drug-likeness (QED) is 0.924. The molecular weight excluding hydrogens is 300 g/mol. The molecule has 122 valence electrons. The largest absolute Gasteiger partial charge is 0.496 e. The zero-order chi connectivity index (χ0) is 14.7. The van der Waals surface area contributed by atoms with Crippen LogP contribution in [-0.2, 0) is 11.2 Å². The maximum absolute atomic E-state index is 12.5. The summed E-state index contributed by atoms with van der Waals surface area (Å²) < 4.78 is 5.35. The molecule has 22 heavy (non-hydrogen) atoms. The lowest BCUT2D eigenvalue weighted by Gasteiger charge is -2.24. The number of hydrogen-bond acceptors (Lipinski definition) is 3. The average molecular weight is 325 g/mol. The van der Waals surface area contributed by atoms with Crippen LogP contribution >= 0.6 is 12.4 Å². The van der Waals surface area contributed by atoms with Gasteiger partial charge in [-0.15, -0.1) is 12.4 Å². The third-order valence-electron chi connectivity index (χ3n) is 4.68. The molecular formula is C17H25ClN2O2. The Kier molecular flexibility index (Phi) is 6.09. The molecule has 0 spiro atoms. The van der Waals surface area contributed by atoms with Gasteiger partial charge < -0.3 is 15.0 Å². The number of para-hydroxylation sites is 1. The van der Waals surface area contributed by atoms with E-state index in [2.05, 4.69) is 5.32 Å². The van der Waals surface area contributed by atoms with Crippen LogP contribution in [0.4, 0.5) is 0 Å². The zero-order valence-corrected chi connectivity index (χ0v) is 13.9. The van der Waals surface area contributed by atoms with Crippen molar-refractivity contribution in [2.24, 2.45) is 0 Å². The van der Waals surface area contributed by atoms with E-state index in [1.807, 2.05) is 29.2 Å².